The van der Waals surface area contributed by atoms with Crippen LogP contribution in [-0.2, 0) is 19.6 Å². The molecule has 0 atom stereocenters. The van der Waals surface area contributed by atoms with Crippen LogP contribution in [0.2, 0.25) is 0 Å². The molecular weight excluding hydrogens is 309 g/mol. The highest BCUT2D eigenvalue weighted by molar-refractivity contribution is 7.80. The molecule has 0 amide bonds. The SMILES string of the molecule is CN(C)Cc1ccc(CNC(=S)NCc2ccc(F)cc2)cc1. The number of nitrogens with one attached hydrogen (secondary N) is 2. The standard InChI is InChI=1S/C18H22FN3S/c1-22(2)13-16-5-3-14(4-6-16)11-20-18(23)21-12-15-7-9-17(19)10-8-15/h3-10H,11-13H2,1-2H3,(H2,20,21,23). The van der Waals surface area contributed by atoms with Crippen molar-refractivity contribution in [3.63, 3.8) is 0 Å². The van der Waals surface area contributed by atoms with Gasteiger partial charge >= 0.3 is 0 Å². The molecule has 0 bridgehead atoms. The van der Waals surface area contributed by atoms with Gasteiger partial charge in [0.15, 0.2) is 5.11 Å². The lowest BCUT2D eigenvalue weighted by atomic mass is 10.1. The maximum Gasteiger partial charge on any atom is 0.166 e. The Morgan fingerprint density at radius 1 is 0.870 bits per heavy atom. The van der Waals surface area contributed by atoms with E-state index in [2.05, 4.69) is 53.9 Å². The molecule has 0 aliphatic carbocycles. The summed E-state index contributed by atoms with van der Waals surface area (Å²) in [6.45, 7) is 2.19. The van der Waals surface area contributed by atoms with Gasteiger partial charge in [0.1, 0.15) is 5.82 Å². The average molecular weight is 331 g/mol. The largest absolute Gasteiger partial charge is 0.359 e. The van der Waals surface area contributed by atoms with Crippen LogP contribution < -0.4 is 10.6 Å². The second kappa shape index (κ2) is 8.60. The molecule has 122 valence electrons. The summed E-state index contributed by atoms with van der Waals surface area (Å²) in [5, 5.41) is 6.88. The van der Waals surface area contributed by atoms with Crippen LogP contribution in [0.4, 0.5) is 4.39 Å². The van der Waals surface area contributed by atoms with E-state index in [1.165, 1.54) is 23.3 Å². The molecule has 2 aromatic rings. The summed E-state index contributed by atoms with van der Waals surface area (Å²) in [6.07, 6.45) is 0. The second-order valence-corrected chi connectivity index (χ2v) is 6.13. The van der Waals surface area contributed by atoms with Gasteiger partial charge in [0.05, 0.1) is 0 Å². The number of halogens is 1. The van der Waals surface area contributed by atoms with Gasteiger partial charge in [-0.1, -0.05) is 36.4 Å². The molecule has 5 heteroatoms. The van der Waals surface area contributed by atoms with Gasteiger partial charge in [-0.25, -0.2) is 4.39 Å². The highest BCUT2D eigenvalue weighted by Crippen LogP contribution is 2.06. The van der Waals surface area contributed by atoms with Crippen molar-refractivity contribution in [3.05, 3.63) is 71.0 Å². The second-order valence-electron chi connectivity index (χ2n) is 5.72. The molecule has 0 aromatic heterocycles. The first-order chi connectivity index (χ1) is 11.0. The summed E-state index contributed by atoms with van der Waals surface area (Å²) in [5.41, 5.74) is 3.46. The van der Waals surface area contributed by atoms with Crippen molar-refractivity contribution in [2.45, 2.75) is 19.6 Å². The van der Waals surface area contributed by atoms with E-state index in [1.807, 2.05) is 0 Å². The fourth-order valence-corrected chi connectivity index (χ4v) is 2.30. The van der Waals surface area contributed by atoms with Gasteiger partial charge in [-0.05, 0) is 55.1 Å². The van der Waals surface area contributed by atoms with E-state index in [4.69, 9.17) is 12.2 Å². The van der Waals surface area contributed by atoms with Crippen LogP contribution in [0.1, 0.15) is 16.7 Å². The normalized spacial score (nSPS) is 10.6. The lowest BCUT2D eigenvalue weighted by molar-refractivity contribution is 0.402. The lowest BCUT2D eigenvalue weighted by Crippen LogP contribution is -2.34. The van der Waals surface area contributed by atoms with Crippen LogP contribution in [0.3, 0.4) is 0 Å². The molecule has 0 saturated carbocycles. The van der Waals surface area contributed by atoms with Crippen LogP contribution in [-0.4, -0.2) is 24.1 Å². The molecule has 2 N–H and O–H groups in total. The average Bonchev–Trinajstić information content (AvgIpc) is 2.53. The molecule has 0 fully saturated rings. The van der Waals surface area contributed by atoms with Crippen molar-refractivity contribution in [2.75, 3.05) is 14.1 Å². The van der Waals surface area contributed by atoms with E-state index in [0.29, 0.717) is 18.2 Å². The van der Waals surface area contributed by atoms with Crippen molar-refractivity contribution in [1.29, 1.82) is 0 Å². The Morgan fingerprint density at radius 3 is 1.78 bits per heavy atom. The van der Waals surface area contributed by atoms with Gasteiger partial charge < -0.3 is 15.5 Å². The molecule has 0 spiro atoms. The van der Waals surface area contributed by atoms with E-state index >= 15 is 0 Å². The first kappa shape index (κ1) is 17.4. The van der Waals surface area contributed by atoms with E-state index in [0.717, 1.165) is 12.1 Å². The van der Waals surface area contributed by atoms with Crippen molar-refractivity contribution in [3.8, 4) is 0 Å². The molecule has 0 saturated heterocycles. The molecule has 0 aliphatic heterocycles. The Kier molecular flexibility index (Phi) is 6.50. The number of hydrogen-bond donors (Lipinski definition) is 2. The Morgan fingerprint density at radius 2 is 1.30 bits per heavy atom. The molecule has 2 aromatic carbocycles. The van der Waals surface area contributed by atoms with Crippen molar-refractivity contribution in [2.24, 2.45) is 0 Å². The van der Waals surface area contributed by atoms with E-state index in [1.54, 1.807) is 12.1 Å². The van der Waals surface area contributed by atoms with Gasteiger partial charge in [0, 0.05) is 19.6 Å². The minimum atomic E-state index is -0.229. The molecule has 2 rings (SSSR count). The van der Waals surface area contributed by atoms with Gasteiger partial charge in [-0.15, -0.1) is 0 Å². The zero-order chi connectivity index (χ0) is 16.7. The first-order valence-electron chi connectivity index (χ1n) is 7.51. The van der Waals surface area contributed by atoms with Crippen molar-refractivity contribution < 1.29 is 4.39 Å². The molecule has 0 heterocycles. The summed E-state index contributed by atoms with van der Waals surface area (Å²) in [4.78, 5) is 2.14. The summed E-state index contributed by atoms with van der Waals surface area (Å²) in [6, 6.07) is 14.9. The van der Waals surface area contributed by atoms with Gasteiger partial charge in [0.2, 0.25) is 0 Å². The first-order valence-corrected chi connectivity index (χ1v) is 7.92. The molecule has 0 unspecified atom stereocenters. The highest BCUT2D eigenvalue weighted by Gasteiger charge is 2.00. The Labute approximate surface area is 142 Å². The van der Waals surface area contributed by atoms with Gasteiger partial charge in [0.25, 0.3) is 0 Å². The quantitative estimate of drug-likeness (QED) is 0.796. The molecular formula is C18H22FN3S. The lowest BCUT2D eigenvalue weighted by Gasteiger charge is -2.12. The van der Waals surface area contributed by atoms with E-state index < -0.39 is 0 Å². The summed E-state index contributed by atoms with van der Waals surface area (Å²) >= 11 is 5.26. The third-order valence-corrected chi connectivity index (χ3v) is 3.63. The third-order valence-electron chi connectivity index (χ3n) is 3.34. The molecule has 0 radical (unpaired) electrons. The molecule has 23 heavy (non-hydrogen) atoms. The zero-order valence-corrected chi connectivity index (χ0v) is 14.3. The van der Waals surface area contributed by atoms with Crippen LogP contribution in [0.25, 0.3) is 0 Å². The van der Waals surface area contributed by atoms with Gasteiger partial charge in [-0.2, -0.15) is 0 Å². The van der Waals surface area contributed by atoms with Crippen molar-refractivity contribution >= 4 is 17.3 Å². The fraction of sp³-hybridized carbons (Fsp3) is 0.278. The predicted octanol–water partition coefficient (Wildman–Crippen LogP) is 3.05. The molecule has 0 aliphatic rings. The van der Waals surface area contributed by atoms with Crippen LogP contribution in [0, 0.1) is 5.82 Å². The number of rotatable bonds is 6. The number of benzene rings is 2. The minimum absolute atomic E-state index is 0.229. The maximum absolute atomic E-state index is 12.8. The summed E-state index contributed by atoms with van der Waals surface area (Å²) in [7, 11) is 4.11. The van der Waals surface area contributed by atoms with E-state index in [-0.39, 0.29) is 5.82 Å². The Hall–Kier alpha value is -1.98. The number of thiocarbonyl (C=S) groups is 1. The fourth-order valence-electron chi connectivity index (χ4n) is 2.16. The van der Waals surface area contributed by atoms with Crippen LogP contribution in [0.5, 0.6) is 0 Å². The third kappa shape index (κ3) is 6.34. The summed E-state index contributed by atoms with van der Waals surface area (Å²) < 4.78 is 12.8. The Bertz CT molecular complexity index is 624. The summed E-state index contributed by atoms with van der Waals surface area (Å²) in [5.74, 6) is -0.229. The molecule has 3 nitrogen and oxygen atoms in total. The van der Waals surface area contributed by atoms with Crippen LogP contribution >= 0.6 is 12.2 Å². The zero-order valence-electron chi connectivity index (χ0n) is 13.5. The topological polar surface area (TPSA) is 27.3 Å². The van der Waals surface area contributed by atoms with E-state index in [9.17, 15) is 4.39 Å². The van der Waals surface area contributed by atoms with Crippen molar-refractivity contribution in [1.82, 2.24) is 15.5 Å². The van der Waals surface area contributed by atoms with Gasteiger partial charge in [-0.3, -0.25) is 0 Å². The maximum atomic E-state index is 12.8. The van der Waals surface area contributed by atoms with Crippen LogP contribution in [0.15, 0.2) is 48.5 Å². The Balaban J connectivity index is 1.74. The minimum Gasteiger partial charge on any atom is -0.359 e. The monoisotopic (exact) mass is 331 g/mol. The predicted molar refractivity (Wildman–Crippen MR) is 96.5 cm³/mol. The number of nitrogens with zero attached hydrogens (tertiary/aromatic N) is 1. The smallest absolute Gasteiger partial charge is 0.166 e. The highest BCUT2D eigenvalue weighted by atomic mass is 32.1. The number of hydrogen-bond acceptors (Lipinski definition) is 2.